The molecule has 0 radical (unpaired) electrons. The first-order valence-electron chi connectivity index (χ1n) is 7.03. The van der Waals surface area contributed by atoms with Crippen molar-refractivity contribution >= 4 is 22.6 Å². The lowest BCUT2D eigenvalue weighted by molar-refractivity contribution is 0.475. The second kappa shape index (κ2) is 5.88. The maximum Gasteiger partial charge on any atom is 0.152 e. The van der Waals surface area contributed by atoms with E-state index in [0.717, 1.165) is 34.5 Å². The molecule has 0 aliphatic carbocycles. The number of fused-ring (bicyclic) bond motifs is 1. The summed E-state index contributed by atoms with van der Waals surface area (Å²) in [6.45, 7) is 4.92. The fraction of sp³-hybridized carbons (Fsp3) is 0.235. The number of aryl methyl sites for hydroxylation is 1. The van der Waals surface area contributed by atoms with Gasteiger partial charge < -0.3 is 9.73 Å². The van der Waals surface area contributed by atoms with E-state index < -0.39 is 0 Å². The van der Waals surface area contributed by atoms with Gasteiger partial charge in [0.05, 0.1) is 11.1 Å². The van der Waals surface area contributed by atoms with Crippen molar-refractivity contribution in [1.29, 1.82) is 0 Å². The molecule has 3 aromatic rings. The van der Waals surface area contributed by atoms with Crippen LogP contribution in [0.2, 0.25) is 5.02 Å². The molecule has 4 heteroatoms. The van der Waals surface area contributed by atoms with Gasteiger partial charge >= 0.3 is 0 Å². The van der Waals surface area contributed by atoms with E-state index in [4.69, 9.17) is 16.0 Å². The number of hydrogen-bond acceptors (Lipinski definition) is 3. The van der Waals surface area contributed by atoms with E-state index in [9.17, 15) is 0 Å². The van der Waals surface area contributed by atoms with Gasteiger partial charge in [-0.1, -0.05) is 36.7 Å². The third kappa shape index (κ3) is 2.67. The molecule has 108 valence electrons. The van der Waals surface area contributed by atoms with Gasteiger partial charge in [-0.25, -0.2) is 0 Å². The largest absolute Gasteiger partial charge is 0.457 e. The van der Waals surface area contributed by atoms with Crippen molar-refractivity contribution in [3.05, 3.63) is 64.6 Å². The SMILES string of the molecule is CCNC(c1cc2cccc(Cl)c2o1)c1cccnc1C. The Morgan fingerprint density at radius 3 is 2.86 bits per heavy atom. The number of hydrogen-bond donors (Lipinski definition) is 1. The van der Waals surface area contributed by atoms with E-state index in [1.807, 2.05) is 37.3 Å². The summed E-state index contributed by atoms with van der Waals surface area (Å²) >= 11 is 6.20. The highest BCUT2D eigenvalue weighted by Crippen LogP contribution is 2.32. The van der Waals surface area contributed by atoms with Crippen molar-refractivity contribution < 1.29 is 4.42 Å². The van der Waals surface area contributed by atoms with E-state index in [1.54, 1.807) is 6.20 Å². The highest BCUT2D eigenvalue weighted by molar-refractivity contribution is 6.34. The maximum absolute atomic E-state index is 6.20. The first-order chi connectivity index (χ1) is 10.2. The van der Waals surface area contributed by atoms with Crippen molar-refractivity contribution in [3.63, 3.8) is 0 Å². The summed E-state index contributed by atoms with van der Waals surface area (Å²) in [5, 5.41) is 5.11. The van der Waals surface area contributed by atoms with E-state index in [0.29, 0.717) is 5.02 Å². The number of halogens is 1. The summed E-state index contributed by atoms with van der Waals surface area (Å²) in [7, 11) is 0. The Morgan fingerprint density at radius 1 is 1.29 bits per heavy atom. The molecule has 0 aliphatic rings. The van der Waals surface area contributed by atoms with Crippen LogP contribution in [0.3, 0.4) is 0 Å². The Morgan fingerprint density at radius 2 is 2.14 bits per heavy atom. The highest BCUT2D eigenvalue weighted by atomic mass is 35.5. The summed E-state index contributed by atoms with van der Waals surface area (Å²) in [4.78, 5) is 4.37. The molecular weight excluding hydrogens is 284 g/mol. The summed E-state index contributed by atoms with van der Waals surface area (Å²) in [5.74, 6) is 0.857. The van der Waals surface area contributed by atoms with Crippen LogP contribution >= 0.6 is 11.6 Å². The van der Waals surface area contributed by atoms with E-state index in [-0.39, 0.29) is 6.04 Å². The maximum atomic E-state index is 6.20. The molecule has 0 aliphatic heterocycles. The molecule has 1 N–H and O–H groups in total. The summed E-state index contributed by atoms with van der Waals surface area (Å²) in [6.07, 6.45) is 1.80. The molecule has 3 nitrogen and oxygen atoms in total. The highest BCUT2D eigenvalue weighted by Gasteiger charge is 2.20. The molecule has 2 heterocycles. The third-order valence-corrected chi connectivity index (χ3v) is 3.86. The van der Waals surface area contributed by atoms with Crippen molar-refractivity contribution in [2.24, 2.45) is 0 Å². The molecule has 2 aromatic heterocycles. The molecule has 1 unspecified atom stereocenters. The van der Waals surface area contributed by atoms with Gasteiger partial charge in [-0.2, -0.15) is 0 Å². The lowest BCUT2D eigenvalue weighted by Crippen LogP contribution is -2.22. The predicted octanol–water partition coefficient (Wildman–Crippen LogP) is 4.49. The van der Waals surface area contributed by atoms with Crippen molar-refractivity contribution in [2.75, 3.05) is 6.54 Å². The Bertz CT molecular complexity index is 766. The minimum absolute atomic E-state index is 0.0211. The van der Waals surface area contributed by atoms with E-state index in [1.165, 1.54) is 0 Å². The van der Waals surface area contributed by atoms with Gasteiger partial charge in [0.2, 0.25) is 0 Å². The minimum atomic E-state index is -0.0211. The average Bonchev–Trinajstić information content (AvgIpc) is 2.91. The number of benzene rings is 1. The van der Waals surface area contributed by atoms with Crippen LogP contribution in [0.15, 0.2) is 47.0 Å². The van der Waals surface area contributed by atoms with Gasteiger partial charge in [-0.3, -0.25) is 4.98 Å². The number of aromatic nitrogens is 1. The van der Waals surface area contributed by atoms with E-state index in [2.05, 4.69) is 23.3 Å². The van der Waals surface area contributed by atoms with Gasteiger partial charge in [-0.05, 0) is 37.2 Å². The summed E-state index contributed by atoms with van der Waals surface area (Å²) in [6, 6.07) is 11.8. The second-order valence-corrected chi connectivity index (χ2v) is 5.38. The van der Waals surface area contributed by atoms with Crippen LogP contribution < -0.4 is 5.32 Å². The zero-order valence-corrected chi connectivity index (χ0v) is 12.8. The van der Waals surface area contributed by atoms with Crippen molar-refractivity contribution in [3.8, 4) is 0 Å². The molecule has 0 fully saturated rings. The third-order valence-electron chi connectivity index (χ3n) is 3.57. The molecule has 0 amide bonds. The van der Waals surface area contributed by atoms with Crippen molar-refractivity contribution in [2.45, 2.75) is 19.9 Å². The number of para-hydroxylation sites is 1. The van der Waals surface area contributed by atoms with Gasteiger partial charge in [0.15, 0.2) is 5.58 Å². The van der Waals surface area contributed by atoms with Crippen LogP contribution in [-0.4, -0.2) is 11.5 Å². The van der Waals surface area contributed by atoms with Crippen LogP contribution in [0, 0.1) is 6.92 Å². The fourth-order valence-electron chi connectivity index (χ4n) is 2.56. The standard InChI is InChI=1S/C17H17ClN2O/c1-3-19-16(13-7-5-9-20-11(13)2)15-10-12-6-4-8-14(18)17(12)21-15/h4-10,16,19H,3H2,1-2H3. The van der Waals surface area contributed by atoms with Gasteiger partial charge in [0.1, 0.15) is 5.76 Å². The van der Waals surface area contributed by atoms with Crippen LogP contribution in [-0.2, 0) is 0 Å². The van der Waals surface area contributed by atoms with Crippen LogP contribution in [0.5, 0.6) is 0 Å². The Kier molecular flexibility index (Phi) is 3.95. The fourth-order valence-corrected chi connectivity index (χ4v) is 2.78. The normalized spacial score (nSPS) is 12.7. The quantitative estimate of drug-likeness (QED) is 0.771. The lowest BCUT2D eigenvalue weighted by Gasteiger charge is -2.17. The Hall–Kier alpha value is -1.84. The first kappa shape index (κ1) is 14.1. The molecule has 21 heavy (non-hydrogen) atoms. The molecule has 0 bridgehead atoms. The molecule has 1 atom stereocenters. The van der Waals surface area contributed by atoms with Crippen LogP contribution in [0.4, 0.5) is 0 Å². The zero-order valence-electron chi connectivity index (χ0n) is 12.1. The van der Waals surface area contributed by atoms with Crippen molar-refractivity contribution in [1.82, 2.24) is 10.3 Å². The smallest absolute Gasteiger partial charge is 0.152 e. The molecule has 0 spiro atoms. The Labute approximate surface area is 128 Å². The van der Waals surface area contributed by atoms with E-state index >= 15 is 0 Å². The van der Waals surface area contributed by atoms with Crippen LogP contribution in [0.25, 0.3) is 11.0 Å². The zero-order chi connectivity index (χ0) is 14.8. The predicted molar refractivity (Wildman–Crippen MR) is 85.7 cm³/mol. The summed E-state index contributed by atoms with van der Waals surface area (Å²) < 4.78 is 6.00. The number of pyridine rings is 1. The molecule has 0 saturated carbocycles. The topological polar surface area (TPSA) is 38.1 Å². The first-order valence-corrected chi connectivity index (χ1v) is 7.41. The second-order valence-electron chi connectivity index (χ2n) is 4.98. The minimum Gasteiger partial charge on any atom is -0.457 e. The molecule has 1 aromatic carbocycles. The van der Waals surface area contributed by atoms with Crippen LogP contribution in [0.1, 0.15) is 30.0 Å². The number of nitrogens with zero attached hydrogens (tertiary/aromatic N) is 1. The monoisotopic (exact) mass is 300 g/mol. The lowest BCUT2D eigenvalue weighted by atomic mass is 10.0. The molecule has 3 rings (SSSR count). The molecule has 0 saturated heterocycles. The Balaban J connectivity index is 2.11. The number of nitrogens with one attached hydrogen (secondary N) is 1. The van der Waals surface area contributed by atoms with Gasteiger partial charge in [0, 0.05) is 17.3 Å². The number of rotatable bonds is 4. The number of furan rings is 1. The summed E-state index contributed by atoms with van der Waals surface area (Å²) in [5.41, 5.74) is 2.85. The van der Waals surface area contributed by atoms with Gasteiger partial charge in [0.25, 0.3) is 0 Å². The molecular formula is C17H17ClN2O. The average molecular weight is 301 g/mol. The van der Waals surface area contributed by atoms with Gasteiger partial charge in [-0.15, -0.1) is 0 Å².